The van der Waals surface area contributed by atoms with Crippen molar-refractivity contribution < 1.29 is 9.53 Å². The van der Waals surface area contributed by atoms with Gasteiger partial charge >= 0.3 is 6.09 Å². The van der Waals surface area contributed by atoms with Crippen molar-refractivity contribution in [2.75, 3.05) is 13.7 Å². The monoisotopic (exact) mass is 307 g/mol. The number of carbonyl (C=O) groups is 1. The van der Waals surface area contributed by atoms with Crippen molar-refractivity contribution >= 4 is 28.7 Å². The Hall–Kier alpha value is -0.520. The number of methoxy groups -OCH3 is 1. The highest BCUT2D eigenvalue weighted by molar-refractivity contribution is 14.1. The zero-order chi connectivity index (χ0) is 10.6. The second kappa shape index (κ2) is 5.38. The molecule has 1 amide bonds. The van der Waals surface area contributed by atoms with Gasteiger partial charge in [-0.3, -0.25) is 4.90 Å². The highest BCUT2D eigenvalue weighted by Crippen LogP contribution is 2.20. The molecule has 0 aromatic carbocycles. The first-order valence-corrected chi connectivity index (χ1v) is 5.80. The van der Waals surface area contributed by atoms with E-state index in [0.717, 1.165) is 6.42 Å². The molecular weight excluding hydrogens is 293 g/mol. The number of hydrogen-bond acceptors (Lipinski definition) is 2. The van der Waals surface area contributed by atoms with Crippen LogP contribution in [0.1, 0.15) is 13.3 Å². The van der Waals surface area contributed by atoms with Gasteiger partial charge in [0, 0.05) is 16.7 Å². The van der Waals surface area contributed by atoms with Crippen molar-refractivity contribution in [3.8, 4) is 0 Å². The Labute approximate surface area is 97.9 Å². The summed E-state index contributed by atoms with van der Waals surface area (Å²) in [5.41, 5.74) is 1.29. The molecule has 1 atom stereocenters. The van der Waals surface area contributed by atoms with E-state index in [0.29, 0.717) is 10.5 Å². The molecule has 1 rings (SSSR count). The van der Waals surface area contributed by atoms with Gasteiger partial charge in [-0.2, -0.15) is 0 Å². The maximum absolute atomic E-state index is 11.1. The van der Waals surface area contributed by atoms with Crippen LogP contribution < -0.4 is 0 Å². The summed E-state index contributed by atoms with van der Waals surface area (Å²) in [6.45, 7) is 2.76. The van der Waals surface area contributed by atoms with Crippen LogP contribution in [-0.2, 0) is 4.74 Å². The second-order valence-electron chi connectivity index (χ2n) is 3.02. The minimum absolute atomic E-state index is 0.307. The molecule has 0 aromatic heterocycles. The lowest BCUT2D eigenvalue weighted by Crippen LogP contribution is -2.28. The third kappa shape index (κ3) is 2.73. The molecule has 0 aliphatic carbocycles. The molecule has 1 heterocycles. The second-order valence-corrected chi connectivity index (χ2v) is 4.52. The van der Waals surface area contributed by atoms with Crippen LogP contribution >= 0.6 is 22.6 Å². The number of ether oxygens (including phenoxy) is 1. The zero-order valence-corrected chi connectivity index (χ0v) is 10.5. The van der Waals surface area contributed by atoms with Crippen molar-refractivity contribution in [1.29, 1.82) is 0 Å². The quantitative estimate of drug-likeness (QED) is 0.580. The first-order valence-electron chi connectivity index (χ1n) is 4.56. The first kappa shape index (κ1) is 11.6. The van der Waals surface area contributed by atoms with Crippen molar-refractivity contribution in [2.45, 2.75) is 17.3 Å². The number of carbonyl (C=O) groups excluding carboxylic acids is 1. The van der Waals surface area contributed by atoms with Gasteiger partial charge in [0.1, 0.15) is 0 Å². The Morgan fingerprint density at radius 3 is 2.93 bits per heavy atom. The predicted octanol–water partition coefficient (Wildman–Crippen LogP) is 2.72. The average molecular weight is 307 g/mol. The number of hydrogen-bond donors (Lipinski definition) is 0. The molecule has 0 aromatic rings. The molecule has 0 saturated carbocycles. The Kier molecular flexibility index (Phi) is 4.44. The standard InChI is InChI=1S/C10H14INO2/c1-3-9(11)8-4-6-12(7-5-8)10(13)14-2/h4-6,9H,3,7H2,1-2H3/t9-/m0/s1. The molecule has 1 aliphatic rings. The van der Waals surface area contributed by atoms with E-state index in [1.165, 1.54) is 12.7 Å². The zero-order valence-electron chi connectivity index (χ0n) is 8.37. The van der Waals surface area contributed by atoms with Crippen molar-refractivity contribution in [3.63, 3.8) is 0 Å². The number of amides is 1. The van der Waals surface area contributed by atoms with Gasteiger partial charge < -0.3 is 4.74 Å². The van der Waals surface area contributed by atoms with Gasteiger partial charge in [-0.1, -0.05) is 35.6 Å². The largest absolute Gasteiger partial charge is 0.452 e. The van der Waals surface area contributed by atoms with Gasteiger partial charge in [0.15, 0.2) is 0 Å². The van der Waals surface area contributed by atoms with Crippen LogP contribution in [0.4, 0.5) is 4.79 Å². The molecule has 0 N–H and O–H groups in total. The smallest absolute Gasteiger partial charge is 0.413 e. The fraction of sp³-hybridized carbons (Fsp3) is 0.500. The number of nitrogens with zero attached hydrogens (tertiary/aromatic N) is 1. The number of rotatable bonds is 2. The molecule has 1 aliphatic heterocycles. The van der Waals surface area contributed by atoms with E-state index in [9.17, 15) is 4.79 Å². The molecule has 3 nitrogen and oxygen atoms in total. The lowest BCUT2D eigenvalue weighted by Gasteiger charge is -2.20. The Morgan fingerprint density at radius 2 is 2.50 bits per heavy atom. The summed E-state index contributed by atoms with van der Waals surface area (Å²) in [4.78, 5) is 12.7. The molecule has 0 saturated heterocycles. The summed E-state index contributed by atoms with van der Waals surface area (Å²) in [5.74, 6) is 0. The highest BCUT2D eigenvalue weighted by atomic mass is 127. The Bertz CT molecular complexity index is 273. The van der Waals surface area contributed by atoms with Gasteiger partial charge in [-0.05, 0) is 18.1 Å². The van der Waals surface area contributed by atoms with Gasteiger partial charge in [0.25, 0.3) is 0 Å². The van der Waals surface area contributed by atoms with E-state index in [1.807, 2.05) is 6.08 Å². The normalized spacial score (nSPS) is 17.6. The van der Waals surface area contributed by atoms with Crippen LogP contribution in [0.15, 0.2) is 23.9 Å². The SMILES string of the molecule is CC[C@H](I)C1=CCN(C(=O)OC)C=C1. The van der Waals surface area contributed by atoms with Gasteiger partial charge in [-0.25, -0.2) is 4.79 Å². The molecule has 14 heavy (non-hydrogen) atoms. The van der Waals surface area contributed by atoms with E-state index >= 15 is 0 Å². The number of allylic oxidation sites excluding steroid dienone is 2. The van der Waals surface area contributed by atoms with Gasteiger partial charge in [-0.15, -0.1) is 0 Å². The van der Waals surface area contributed by atoms with Crippen LogP contribution in [-0.4, -0.2) is 28.6 Å². The number of halogens is 1. The van der Waals surface area contributed by atoms with Crippen molar-refractivity contribution in [2.24, 2.45) is 0 Å². The van der Waals surface area contributed by atoms with E-state index in [-0.39, 0.29) is 6.09 Å². The molecular formula is C10H14INO2. The summed E-state index contributed by atoms with van der Waals surface area (Å²) in [6.07, 6.45) is 6.62. The third-order valence-corrected chi connectivity index (χ3v) is 3.70. The maximum Gasteiger partial charge on any atom is 0.413 e. The van der Waals surface area contributed by atoms with Crippen molar-refractivity contribution in [3.05, 3.63) is 23.9 Å². The van der Waals surface area contributed by atoms with E-state index in [2.05, 4.69) is 40.3 Å². The first-order chi connectivity index (χ1) is 6.69. The molecule has 0 spiro atoms. The molecule has 0 fully saturated rings. The summed E-state index contributed by atoms with van der Waals surface area (Å²) in [5, 5.41) is 0. The predicted molar refractivity (Wildman–Crippen MR) is 64.4 cm³/mol. The van der Waals surface area contributed by atoms with Crippen LogP contribution in [0.5, 0.6) is 0 Å². The molecule has 0 bridgehead atoms. The minimum atomic E-state index is -0.307. The van der Waals surface area contributed by atoms with Crippen LogP contribution in [0, 0.1) is 0 Å². The lowest BCUT2D eigenvalue weighted by atomic mass is 10.1. The lowest BCUT2D eigenvalue weighted by molar-refractivity contribution is 0.143. The van der Waals surface area contributed by atoms with E-state index in [1.54, 1.807) is 11.1 Å². The average Bonchev–Trinajstić information content (AvgIpc) is 2.27. The summed E-state index contributed by atoms with van der Waals surface area (Å²) >= 11 is 2.40. The van der Waals surface area contributed by atoms with Crippen molar-refractivity contribution in [1.82, 2.24) is 4.90 Å². The van der Waals surface area contributed by atoms with Gasteiger partial charge in [0.2, 0.25) is 0 Å². The Morgan fingerprint density at radius 1 is 1.79 bits per heavy atom. The van der Waals surface area contributed by atoms with E-state index in [4.69, 9.17) is 0 Å². The van der Waals surface area contributed by atoms with Gasteiger partial charge in [0.05, 0.1) is 7.11 Å². The molecule has 78 valence electrons. The molecule has 4 heteroatoms. The topological polar surface area (TPSA) is 29.5 Å². The van der Waals surface area contributed by atoms with Crippen LogP contribution in [0.25, 0.3) is 0 Å². The van der Waals surface area contributed by atoms with Crippen LogP contribution in [0.3, 0.4) is 0 Å². The molecule has 0 unspecified atom stereocenters. The Balaban J connectivity index is 2.57. The van der Waals surface area contributed by atoms with Crippen LogP contribution in [0.2, 0.25) is 0 Å². The third-order valence-electron chi connectivity index (χ3n) is 2.10. The number of alkyl halides is 1. The van der Waals surface area contributed by atoms with E-state index < -0.39 is 0 Å². The minimum Gasteiger partial charge on any atom is -0.452 e. The fourth-order valence-corrected chi connectivity index (χ4v) is 1.69. The summed E-state index contributed by atoms with van der Waals surface area (Å²) in [7, 11) is 1.39. The maximum atomic E-state index is 11.1. The summed E-state index contributed by atoms with van der Waals surface area (Å²) in [6, 6.07) is 0. The summed E-state index contributed by atoms with van der Waals surface area (Å²) < 4.78 is 5.15. The fourth-order valence-electron chi connectivity index (χ4n) is 1.23. The molecule has 0 radical (unpaired) electrons. The highest BCUT2D eigenvalue weighted by Gasteiger charge is 2.15.